The molecule has 184 valence electrons. The smallest absolute Gasteiger partial charge is 0.417 e. The Balaban J connectivity index is 1.82. The van der Waals surface area contributed by atoms with Crippen LogP contribution in [0, 0.1) is 0 Å². The highest BCUT2D eigenvalue weighted by Gasteiger charge is 2.33. The van der Waals surface area contributed by atoms with Crippen LogP contribution in [0.3, 0.4) is 0 Å². The molecule has 0 aliphatic carbocycles. The minimum Gasteiger partial charge on any atom is -0.481 e. The largest absolute Gasteiger partial charge is 0.481 e. The summed E-state index contributed by atoms with van der Waals surface area (Å²) < 4.78 is 39.8. The molecule has 11 heteroatoms. The lowest BCUT2D eigenvalue weighted by Gasteiger charge is -2.19. The number of anilines is 1. The average molecular weight is 489 g/mol. The first-order valence-electron chi connectivity index (χ1n) is 10.6. The van der Waals surface area contributed by atoms with E-state index in [0.29, 0.717) is 6.07 Å². The maximum Gasteiger partial charge on any atom is 0.417 e. The molecule has 0 aliphatic heterocycles. The SMILES string of the molecule is O=C(O)CCCC(=O)N[C@@H](Cc1ccccc1)C(=O)Nc1ccc2c(C(F)(F)F)cc(=O)[nH]c2c1. The van der Waals surface area contributed by atoms with Crippen molar-refractivity contribution in [1.29, 1.82) is 0 Å². The second kappa shape index (κ2) is 10.9. The van der Waals surface area contributed by atoms with Crippen LogP contribution in [0.5, 0.6) is 0 Å². The number of carbonyl (C=O) groups excluding carboxylic acids is 2. The fourth-order valence-corrected chi connectivity index (χ4v) is 3.53. The van der Waals surface area contributed by atoms with Gasteiger partial charge in [0.2, 0.25) is 17.4 Å². The summed E-state index contributed by atoms with van der Waals surface area (Å²) in [6, 6.07) is 11.9. The Morgan fingerprint density at radius 1 is 1.00 bits per heavy atom. The van der Waals surface area contributed by atoms with Gasteiger partial charge in [0, 0.05) is 36.4 Å². The van der Waals surface area contributed by atoms with Crippen LogP contribution >= 0.6 is 0 Å². The van der Waals surface area contributed by atoms with Gasteiger partial charge in [0.25, 0.3) is 0 Å². The Kier molecular flexibility index (Phi) is 7.90. The molecule has 1 aromatic heterocycles. The van der Waals surface area contributed by atoms with Crippen LogP contribution in [0.4, 0.5) is 18.9 Å². The molecule has 0 saturated heterocycles. The van der Waals surface area contributed by atoms with Crippen molar-refractivity contribution in [2.24, 2.45) is 0 Å². The van der Waals surface area contributed by atoms with Crippen molar-refractivity contribution < 1.29 is 32.7 Å². The number of carbonyl (C=O) groups is 3. The number of rotatable bonds is 9. The van der Waals surface area contributed by atoms with Crippen molar-refractivity contribution in [3.63, 3.8) is 0 Å². The van der Waals surface area contributed by atoms with E-state index in [2.05, 4.69) is 15.6 Å². The number of aromatic nitrogens is 1. The number of aliphatic carboxylic acids is 1. The number of carboxylic acids is 1. The number of benzene rings is 2. The Hall–Kier alpha value is -4.15. The summed E-state index contributed by atoms with van der Waals surface area (Å²) in [7, 11) is 0. The number of fused-ring (bicyclic) bond motifs is 1. The summed E-state index contributed by atoms with van der Waals surface area (Å²) >= 11 is 0. The zero-order chi connectivity index (χ0) is 25.6. The van der Waals surface area contributed by atoms with Gasteiger partial charge in [-0.1, -0.05) is 36.4 Å². The van der Waals surface area contributed by atoms with E-state index in [0.717, 1.165) is 11.6 Å². The zero-order valence-electron chi connectivity index (χ0n) is 18.3. The monoisotopic (exact) mass is 489 g/mol. The number of H-pyrrole nitrogens is 1. The minimum atomic E-state index is -4.73. The van der Waals surface area contributed by atoms with Crippen molar-refractivity contribution in [2.45, 2.75) is 37.9 Å². The number of amides is 2. The van der Waals surface area contributed by atoms with Crippen LogP contribution in [-0.2, 0) is 27.0 Å². The first kappa shape index (κ1) is 25.5. The Bertz CT molecular complexity index is 1290. The third-order valence-electron chi connectivity index (χ3n) is 5.14. The molecule has 8 nitrogen and oxygen atoms in total. The van der Waals surface area contributed by atoms with Crippen molar-refractivity contribution in [2.75, 3.05) is 5.32 Å². The molecular weight excluding hydrogens is 467 g/mol. The van der Waals surface area contributed by atoms with E-state index in [9.17, 15) is 32.3 Å². The predicted octanol–water partition coefficient (Wildman–Crippen LogP) is 3.47. The Morgan fingerprint density at radius 2 is 1.71 bits per heavy atom. The van der Waals surface area contributed by atoms with Crippen molar-refractivity contribution in [3.8, 4) is 0 Å². The summed E-state index contributed by atoms with van der Waals surface area (Å²) in [4.78, 5) is 50.0. The fraction of sp³-hybridized carbons (Fsp3) is 0.250. The van der Waals surface area contributed by atoms with Crippen LogP contribution in [0.25, 0.3) is 10.9 Å². The number of pyridine rings is 1. The van der Waals surface area contributed by atoms with E-state index >= 15 is 0 Å². The van der Waals surface area contributed by atoms with Gasteiger partial charge in [0.15, 0.2) is 0 Å². The summed E-state index contributed by atoms with van der Waals surface area (Å²) in [5.74, 6) is -2.19. The molecule has 2 amide bonds. The number of hydrogen-bond donors (Lipinski definition) is 4. The van der Waals surface area contributed by atoms with Crippen LogP contribution in [0.15, 0.2) is 59.4 Å². The molecule has 0 unspecified atom stereocenters. The fourth-order valence-electron chi connectivity index (χ4n) is 3.53. The van der Waals surface area contributed by atoms with Crippen LogP contribution in [0.2, 0.25) is 0 Å². The molecule has 0 fully saturated rings. The molecule has 0 aliphatic rings. The molecule has 0 saturated carbocycles. The van der Waals surface area contributed by atoms with Gasteiger partial charge in [-0.05, 0) is 24.1 Å². The molecule has 35 heavy (non-hydrogen) atoms. The van der Waals surface area contributed by atoms with E-state index < -0.39 is 41.1 Å². The van der Waals surface area contributed by atoms with Crippen LogP contribution in [-0.4, -0.2) is 33.9 Å². The molecule has 3 aromatic rings. The standard InChI is InChI=1S/C24H22F3N3O5/c25-24(26,27)17-13-21(32)29-18-12-15(9-10-16(17)18)28-23(35)19(11-14-5-2-1-3-6-14)30-20(31)7-4-8-22(33)34/h1-3,5-6,9-10,12-13,19H,4,7-8,11H2,(H,28,35)(H,29,32)(H,30,31)(H,33,34)/t19-/m0/s1. The third kappa shape index (κ3) is 7.16. The first-order chi connectivity index (χ1) is 16.5. The van der Waals surface area contributed by atoms with Crippen molar-refractivity contribution in [3.05, 3.63) is 76.1 Å². The maximum atomic E-state index is 13.3. The van der Waals surface area contributed by atoms with Gasteiger partial charge in [-0.2, -0.15) is 13.2 Å². The van der Waals surface area contributed by atoms with Crippen molar-refractivity contribution >= 4 is 34.4 Å². The maximum absolute atomic E-state index is 13.3. The number of nitrogens with one attached hydrogen (secondary N) is 3. The summed E-state index contributed by atoms with van der Waals surface area (Å²) in [5.41, 5.74) is -1.28. The highest BCUT2D eigenvalue weighted by molar-refractivity contribution is 5.99. The van der Waals surface area contributed by atoms with Gasteiger partial charge in [0.1, 0.15) is 6.04 Å². The quantitative estimate of drug-likeness (QED) is 0.366. The van der Waals surface area contributed by atoms with E-state index in [-0.39, 0.29) is 42.3 Å². The van der Waals surface area contributed by atoms with Gasteiger partial charge in [-0.3, -0.25) is 19.2 Å². The molecule has 4 N–H and O–H groups in total. The lowest BCUT2D eigenvalue weighted by atomic mass is 10.0. The Morgan fingerprint density at radius 3 is 2.37 bits per heavy atom. The molecule has 0 radical (unpaired) electrons. The van der Waals surface area contributed by atoms with Gasteiger partial charge >= 0.3 is 12.1 Å². The number of hydrogen-bond acceptors (Lipinski definition) is 4. The van der Waals surface area contributed by atoms with E-state index in [1.165, 1.54) is 12.1 Å². The number of alkyl halides is 3. The summed E-state index contributed by atoms with van der Waals surface area (Å²) in [5, 5.41) is 13.6. The molecular formula is C24H22F3N3O5. The number of halogens is 3. The molecule has 0 bridgehead atoms. The summed E-state index contributed by atoms with van der Waals surface area (Å²) in [6.45, 7) is 0. The minimum absolute atomic E-state index is 0.0949. The topological polar surface area (TPSA) is 128 Å². The first-order valence-corrected chi connectivity index (χ1v) is 10.6. The summed E-state index contributed by atoms with van der Waals surface area (Å²) in [6.07, 6.45) is -4.80. The Labute approximate surface area is 197 Å². The lowest BCUT2D eigenvalue weighted by Crippen LogP contribution is -2.45. The second-order valence-electron chi connectivity index (χ2n) is 7.85. The number of aromatic amines is 1. The van der Waals surface area contributed by atoms with Crippen LogP contribution in [0.1, 0.15) is 30.4 Å². The number of carboxylic acid groups (broad SMARTS) is 1. The zero-order valence-corrected chi connectivity index (χ0v) is 18.3. The highest BCUT2D eigenvalue weighted by atomic mass is 19.4. The van der Waals surface area contributed by atoms with Crippen molar-refractivity contribution in [1.82, 2.24) is 10.3 Å². The van der Waals surface area contributed by atoms with E-state index in [1.54, 1.807) is 30.3 Å². The third-order valence-corrected chi connectivity index (χ3v) is 5.14. The molecule has 2 aromatic carbocycles. The lowest BCUT2D eigenvalue weighted by molar-refractivity contribution is -0.137. The van der Waals surface area contributed by atoms with Gasteiger partial charge in [-0.25, -0.2) is 0 Å². The van der Waals surface area contributed by atoms with Gasteiger partial charge < -0.3 is 20.7 Å². The molecule has 1 heterocycles. The van der Waals surface area contributed by atoms with Gasteiger partial charge in [0.05, 0.1) is 11.1 Å². The van der Waals surface area contributed by atoms with E-state index in [1.807, 2.05) is 0 Å². The molecule has 0 spiro atoms. The molecule has 1 atom stereocenters. The normalized spacial score (nSPS) is 12.2. The highest BCUT2D eigenvalue weighted by Crippen LogP contribution is 2.33. The average Bonchev–Trinajstić information content (AvgIpc) is 2.77. The predicted molar refractivity (Wildman–Crippen MR) is 122 cm³/mol. The van der Waals surface area contributed by atoms with E-state index in [4.69, 9.17) is 5.11 Å². The second-order valence-corrected chi connectivity index (χ2v) is 7.85. The van der Waals surface area contributed by atoms with Crippen LogP contribution < -0.4 is 16.2 Å². The van der Waals surface area contributed by atoms with Gasteiger partial charge in [-0.15, -0.1) is 0 Å². The molecule has 3 rings (SSSR count).